The lowest BCUT2D eigenvalue weighted by Gasteiger charge is -2.08. The molecule has 6 heteroatoms. The Morgan fingerprint density at radius 2 is 2.04 bits per heavy atom. The van der Waals surface area contributed by atoms with Gasteiger partial charge in [-0.2, -0.15) is 5.10 Å². The molecule has 0 bridgehead atoms. The van der Waals surface area contributed by atoms with Crippen LogP contribution < -0.4 is 4.74 Å². The number of aryl methyl sites for hydroxylation is 1. The molecule has 2 rings (SSSR count). The minimum atomic E-state index is -0.260. The van der Waals surface area contributed by atoms with E-state index in [0.29, 0.717) is 22.2 Å². The molecule has 0 N–H and O–H groups in total. The third-order valence-electron chi connectivity index (χ3n) is 3.40. The maximum Gasteiger partial charge on any atom is 0.284 e. The number of aromatic nitrogens is 2. The van der Waals surface area contributed by atoms with Crippen molar-refractivity contribution in [2.24, 2.45) is 0 Å². The Hall–Kier alpha value is -1.78. The van der Waals surface area contributed by atoms with E-state index in [2.05, 4.69) is 11.7 Å². The van der Waals surface area contributed by atoms with E-state index in [-0.39, 0.29) is 12.5 Å². The first kappa shape index (κ1) is 17.6. The molecule has 4 nitrogen and oxygen atoms in total. The van der Waals surface area contributed by atoms with Crippen molar-refractivity contribution >= 4 is 29.1 Å². The third-order valence-corrected chi connectivity index (χ3v) is 3.93. The van der Waals surface area contributed by atoms with Crippen LogP contribution >= 0.6 is 23.2 Å². The summed E-state index contributed by atoms with van der Waals surface area (Å²) in [5.41, 5.74) is 3.67. The molecule has 23 heavy (non-hydrogen) atoms. The topological polar surface area (TPSA) is 44.1 Å². The maximum absolute atomic E-state index is 12.4. The average molecular weight is 353 g/mol. The molecule has 2 aromatic rings. The van der Waals surface area contributed by atoms with Crippen molar-refractivity contribution in [3.8, 4) is 5.75 Å². The average Bonchev–Trinajstić information content (AvgIpc) is 2.74. The summed E-state index contributed by atoms with van der Waals surface area (Å²) in [6.45, 7) is 9.45. The van der Waals surface area contributed by atoms with Crippen LogP contribution in [0.3, 0.4) is 0 Å². The second-order valence-corrected chi connectivity index (χ2v) is 6.30. The van der Waals surface area contributed by atoms with E-state index in [1.807, 2.05) is 20.8 Å². The minimum Gasteiger partial charge on any atom is -0.482 e. The van der Waals surface area contributed by atoms with E-state index in [0.717, 1.165) is 22.5 Å². The lowest BCUT2D eigenvalue weighted by Crippen LogP contribution is -2.22. The highest BCUT2D eigenvalue weighted by Crippen LogP contribution is 2.27. The zero-order valence-electron chi connectivity index (χ0n) is 13.3. The molecule has 0 aliphatic rings. The molecule has 0 aliphatic carbocycles. The molecule has 1 heterocycles. The first-order valence-corrected chi connectivity index (χ1v) is 7.85. The number of hydrogen-bond acceptors (Lipinski definition) is 3. The molecule has 0 saturated carbocycles. The van der Waals surface area contributed by atoms with Crippen molar-refractivity contribution in [2.45, 2.75) is 27.2 Å². The van der Waals surface area contributed by atoms with Crippen molar-refractivity contribution in [1.29, 1.82) is 0 Å². The van der Waals surface area contributed by atoms with Crippen LogP contribution in [0.25, 0.3) is 0 Å². The molecule has 0 aliphatic heterocycles. The highest BCUT2D eigenvalue weighted by Gasteiger charge is 2.17. The number of allylic oxidation sites excluding steroid dienone is 1. The van der Waals surface area contributed by atoms with Gasteiger partial charge in [0, 0.05) is 16.3 Å². The molecule has 0 radical (unpaired) electrons. The summed E-state index contributed by atoms with van der Waals surface area (Å²) < 4.78 is 6.85. The normalized spacial score (nSPS) is 10.7. The number of nitrogens with zero attached hydrogens (tertiary/aromatic N) is 2. The summed E-state index contributed by atoms with van der Waals surface area (Å²) in [6.07, 6.45) is 0.703. The fraction of sp³-hybridized carbons (Fsp3) is 0.294. The van der Waals surface area contributed by atoms with E-state index in [9.17, 15) is 4.79 Å². The molecule has 0 saturated heterocycles. The fourth-order valence-corrected chi connectivity index (χ4v) is 2.73. The quantitative estimate of drug-likeness (QED) is 0.736. The van der Waals surface area contributed by atoms with Crippen LogP contribution in [0, 0.1) is 13.8 Å². The number of carbonyl (C=O) groups excluding carboxylic acids is 1. The second-order valence-electron chi connectivity index (χ2n) is 5.45. The Kier molecular flexibility index (Phi) is 5.50. The summed E-state index contributed by atoms with van der Waals surface area (Å²) in [4.78, 5) is 12.4. The number of benzene rings is 1. The summed E-state index contributed by atoms with van der Waals surface area (Å²) in [6, 6.07) is 4.85. The van der Waals surface area contributed by atoms with Gasteiger partial charge in [-0.05, 0) is 45.4 Å². The first-order valence-electron chi connectivity index (χ1n) is 7.10. The molecule has 1 aromatic heterocycles. The Bertz CT molecular complexity index is 766. The third kappa shape index (κ3) is 4.15. The molecular formula is C17H18Cl2N2O2. The van der Waals surface area contributed by atoms with E-state index in [4.69, 9.17) is 27.9 Å². The van der Waals surface area contributed by atoms with Gasteiger partial charge in [0.15, 0.2) is 6.61 Å². The van der Waals surface area contributed by atoms with E-state index < -0.39 is 0 Å². The highest BCUT2D eigenvalue weighted by atomic mass is 35.5. The highest BCUT2D eigenvalue weighted by molar-refractivity contribution is 6.35. The van der Waals surface area contributed by atoms with E-state index in [1.165, 1.54) is 4.68 Å². The summed E-state index contributed by atoms with van der Waals surface area (Å²) in [7, 11) is 0. The molecule has 0 unspecified atom stereocenters. The van der Waals surface area contributed by atoms with Gasteiger partial charge in [-0.15, -0.1) is 0 Å². The summed E-state index contributed by atoms with van der Waals surface area (Å²) >= 11 is 11.9. The molecule has 0 fully saturated rings. The van der Waals surface area contributed by atoms with Gasteiger partial charge in [0.05, 0.1) is 10.7 Å². The van der Waals surface area contributed by atoms with Crippen molar-refractivity contribution < 1.29 is 9.53 Å². The lowest BCUT2D eigenvalue weighted by molar-refractivity contribution is 0.0818. The van der Waals surface area contributed by atoms with Crippen LogP contribution in [-0.4, -0.2) is 22.3 Å². The van der Waals surface area contributed by atoms with Crippen molar-refractivity contribution in [1.82, 2.24) is 9.78 Å². The van der Waals surface area contributed by atoms with Crippen LogP contribution in [0.5, 0.6) is 5.75 Å². The van der Waals surface area contributed by atoms with Crippen LogP contribution in [0.4, 0.5) is 0 Å². The predicted molar refractivity (Wildman–Crippen MR) is 92.8 cm³/mol. The van der Waals surface area contributed by atoms with Crippen molar-refractivity contribution in [2.75, 3.05) is 6.61 Å². The van der Waals surface area contributed by atoms with Crippen LogP contribution in [0.2, 0.25) is 10.0 Å². The second kappa shape index (κ2) is 7.20. The van der Waals surface area contributed by atoms with Gasteiger partial charge in [0.25, 0.3) is 5.91 Å². The number of hydrogen-bond donors (Lipinski definition) is 0. The Labute approximate surface area is 145 Å². The van der Waals surface area contributed by atoms with E-state index in [1.54, 1.807) is 18.2 Å². The monoisotopic (exact) mass is 352 g/mol. The maximum atomic E-state index is 12.4. The van der Waals surface area contributed by atoms with Gasteiger partial charge >= 0.3 is 0 Å². The Morgan fingerprint density at radius 1 is 1.35 bits per heavy atom. The smallest absolute Gasteiger partial charge is 0.284 e. The Balaban J connectivity index is 2.13. The number of ether oxygens (including phenoxy) is 1. The predicted octanol–water partition coefficient (Wildman–Crippen LogP) is 4.64. The van der Waals surface area contributed by atoms with Gasteiger partial charge in [0.1, 0.15) is 5.75 Å². The van der Waals surface area contributed by atoms with Crippen molar-refractivity contribution in [3.05, 3.63) is 57.3 Å². The molecule has 1 aromatic carbocycles. The lowest BCUT2D eigenvalue weighted by atomic mass is 10.1. The number of rotatable bonds is 5. The van der Waals surface area contributed by atoms with Crippen LogP contribution in [-0.2, 0) is 6.42 Å². The number of halogens is 2. The molecular weight excluding hydrogens is 335 g/mol. The van der Waals surface area contributed by atoms with Crippen LogP contribution in [0.1, 0.15) is 28.7 Å². The minimum absolute atomic E-state index is 0.157. The van der Waals surface area contributed by atoms with Gasteiger partial charge in [-0.1, -0.05) is 35.4 Å². The molecule has 0 spiro atoms. The van der Waals surface area contributed by atoms with Gasteiger partial charge < -0.3 is 4.74 Å². The molecule has 122 valence electrons. The van der Waals surface area contributed by atoms with Crippen molar-refractivity contribution in [3.63, 3.8) is 0 Å². The zero-order valence-corrected chi connectivity index (χ0v) is 14.8. The largest absolute Gasteiger partial charge is 0.482 e. The summed E-state index contributed by atoms with van der Waals surface area (Å²) in [5.74, 6) is 0.151. The molecule has 0 atom stereocenters. The van der Waals surface area contributed by atoms with Gasteiger partial charge in [0.2, 0.25) is 0 Å². The van der Waals surface area contributed by atoms with Gasteiger partial charge in [-0.25, -0.2) is 4.68 Å². The fourth-order valence-electron chi connectivity index (χ4n) is 2.27. The van der Waals surface area contributed by atoms with Crippen LogP contribution in [0.15, 0.2) is 30.4 Å². The Morgan fingerprint density at radius 3 is 2.65 bits per heavy atom. The first-order chi connectivity index (χ1) is 10.8. The summed E-state index contributed by atoms with van der Waals surface area (Å²) in [5, 5.41) is 5.18. The van der Waals surface area contributed by atoms with Gasteiger partial charge in [-0.3, -0.25) is 4.79 Å². The SMILES string of the molecule is C=C(C)Cc1c(C)nn(C(=O)COc2ccc(Cl)cc2Cl)c1C. The van der Waals surface area contributed by atoms with E-state index >= 15 is 0 Å². The number of carbonyl (C=O) groups is 1. The molecule has 0 amide bonds. The zero-order chi connectivity index (χ0) is 17.1. The standard InChI is InChI=1S/C17H18Cl2N2O2/c1-10(2)7-14-11(3)20-21(12(14)4)17(22)9-23-16-6-5-13(18)8-15(16)19/h5-6,8H,1,7,9H2,2-4H3.